The summed E-state index contributed by atoms with van der Waals surface area (Å²) in [5.74, 6) is 0.514. The predicted molar refractivity (Wildman–Crippen MR) is 371 cm³/mol. The number of rotatable bonds is 6. The molecule has 0 atom stereocenters. The number of allylic oxidation sites excluding steroid dienone is 7. The number of aromatic nitrogens is 1. The molecule has 4 heteroatoms. The summed E-state index contributed by atoms with van der Waals surface area (Å²) >= 11 is 0. The molecule has 0 spiro atoms. The second-order valence-electron chi connectivity index (χ2n) is 20.9. The number of nitrogens with two attached hydrogens (primary N) is 1. The molecule has 0 amide bonds. The minimum atomic E-state index is -0.0149. The summed E-state index contributed by atoms with van der Waals surface area (Å²) in [4.78, 5) is 4.31. The van der Waals surface area contributed by atoms with Gasteiger partial charge in [0, 0.05) is 45.4 Å². The lowest BCUT2D eigenvalue weighted by atomic mass is 9.82. The second-order valence-corrected chi connectivity index (χ2v) is 20.9. The predicted octanol–water partition coefficient (Wildman–Crippen LogP) is 19.9. The van der Waals surface area contributed by atoms with E-state index in [9.17, 15) is 0 Å². The summed E-state index contributed by atoms with van der Waals surface area (Å²) in [6, 6.07) is 76.5. The Hall–Kier alpha value is -10.2. The van der Waals surface area contributed by atoms with Crippen LogP contribution in [0.4, 0.5) is 0 Å². The Morgan fingerprint density at radius 2 is 1.02 bits per heavy atom. The summed E-state index contributed by atoms with van der Waals surface area (Å²) in [6.07, 6.45) is 11.1. The van der Waals surface area contributed by atoms with E-state index in [1.807, 2.05) is 149 Å². The molecule has 4 nitrogen and oxygen atoms in total. The van der Waals surface area contributed by atoms with E-state index in [4.69, 9.17) is 11.1 Å². The van der Waals surface area contributed by atoms with E-state index in [0.717, 1.165) is 48.7 Å². The van der Waals surface area contributed by atoms with Crippen molar-refractivity contribution in [3.8, 4) is 22.3 Å². The van der Waals surface area contributed by atoms with Crippen molar-refractivity contribution in [3.05, 3.63) is 313 Å². The van der Waals surface area contributed by atoms with Crippen LogP contribution in [0.2, 0.25) is 0 Å². The number of fused-ring (bicyclic) bond motifs is 11. The first-order valence-electron chi connectivity index (χ1n) is 28.6. The fraction of sp³-hybridized carbons (Fsp3) is 0.100. The number of aryl methyl sites for hydroxylation is 1. The number of nitrogens with zero attached hydrogens (tertiary/aromatic N) is 2. The molecular weight excluding hydrogens is 1020 g/mol. The molecule has 0 aliphatic heterocycles. The molecule has 13 rings (SSSR count). The fourth-order valence-corrected chi connectivity index (χ4v) is 10.6. The Morgan fingerprint density at radius 3 is 1.61 bits per heavy atom. The summed E-state index contributed by atoms with van der Waals surface area (Å²) in [7, 11) is 2.21. The van der Waals surface area contributed by atoms with Crippen molar-refractivity contribution >= 4 is 89.7 Å². The van der Waals surface area contributed by atoms with Gasteiger partial charge in [-0.3, -0.25) is 5.41 Å². The van der Waals surface area contributed by atoms with Gasteiger partial charge in [0.05, 0.1) is 5.52 Å². The van der Waals surface area contributed by atoms with Gasteiger partial charge in [-0.25, -0.2) is 4.99 Å². The molecule has 0 saturated heterocycles. The largest absolute Gasteiger partial charge is 0.383 e. The lowest BCUT2D eigenvalue weighted by Crippen LogP contribution is -2.19. The Bertz CT molecular complexity index is 4570. The van der Waals surface area contributed by atoms with Gasteiger partial charge in [0.1, 0.15) is 5.84 Å². The quantitative estimate of drug-likeness (QED) is 0.0741. The van der Waals surface area contributed by atoms with Crippen LogP contribution in [0, 0.1) is 5.41 Å². The normalized spacial score (nSPS) is 11.9. The average Bonchev–Trinajstić information content (AvgIpc) is 1.83. The smallest absolute Gasteiger partial charge is 0.154 e. The number of hydrogen-bond acceptors (Lipinski definition) is 1. The molecule has 416 valence electrons. The molecule has 0 unspecified atom stereocenters. The fourth-order valence-electron chi connectivity index (χ4n) is 10.6. The first-order chi connectivity index (χ1) is 40.8. The topological polar surface area (TPSA) is 67.2 Å². The molecular formula is C80H76N4. The number of benzene rings is 11. The Balaban J connectivity index is 0.000000168. The summed E-state index contributed by atoms with van der Waals surface area (Å²) in [5, 5.41) is 22.6. The van der Waals surface area contributed by atoms with Crippen molar-refractivity contribution in [2.75, 3.05) is 0 Å². The molecule has 1 heterocycles. The maximum absolute atomic E-state index is 8.28. The van der Waals surface area contributed by atoms with Crippen LogP contribution < -0.4 is 16.2 Å². The Labute approximate surface area is 496 Å². The van der Waals surface area contributed by atoms with E-state index in [1.165, 1.54) is 76.7 Å². The van der Waals surface area contributed by atoms with Gasteiger partial charge in [0.15, 0.2) is 5.84 Å². The lowest BCUT2D eigenvalue weighted by Gasteiger charge is -2.21. The maximum atomic E-state index is 8.28. The van der Waals surface area contributed by atoms with Crippen molar-refractivity contribution in [1.29, 1.82) is 5.41 Å². The number of nitrogens with one attached hydrogen (secondary N) is 1. The van der Waals surface area contributed by atoms with Crippen molar-refractivity contribution < 1.29 is 0 Å². The van der Waals surface area contributed by atoms with Gasteiger partial charge in [-0.05, 0) is 131 Å². The third-order valence-electron chi connectivity index (χ3n) is 15.2. The monoisotopic (exact) mass is 1090 g/mol. The minimum absolute atomic E-state index is 0.0149. The van der Waals surface area contributed by atoms with Gasteiger partial charge in [0.2, 0.25) is 0 Å². The molecule has 12 aromatic rings. The second kappa shape index (κ2) is 27.5. The zero-order valence-electron chi connectivity index (χ0n) is 49.8. The van der Waals surface area contributed by atoms with Crippen LogP contribution in [-0.4, -0.2) is 16.2 Å². The van der Waals surface area contributed by atoms with Crippen molar-refractivity contribution in [2.45, 2.75) is 47.0 Å². The molecule has 1 aromatic heterocycles. The molecule has 1 aliphatic rings. The molecule has 3 N–H and O–H groups in total. The van der Waals surface area contributed by atoms with E-state index in [0.29, 0.717) is 5.84 Å². The highest BCUT2D eigenvalue weighted by atomic mass is 14.9. The average molecular weight is 1090 g/mol. The molecule has 0 radical (unpaired) electrons. The molecule has 11 aromatic carbocycles. The van der Waals surface area contributed by atoms with E-state index < -0.39 is 0 Å². The first kappa shape index (κ1) is 59.9. The van der Waals surface area contributed by atoms with Gasteiger partial charge in [0.25, 0.3) is 0 Å². The molecule has 0 saturated carbocycles. The maximum Gasteiger partial charge on any atom is 0.154 e. The van der Waals surface area contributed by atoms with Crippen molar-refractivity contribution in [1.82, 2.24) is 4.57 Å². The van der Waals surface area contributed by atoms with Gasteiger partial charge in [-0.1, -0.05) is 285 Å². The third kappa shape index (κ3) is 13.1. The number of hydrogen-bond donors (Lipinski definition) is 2. The van der Waals surface area contributed by atoms with Gasteiger partial charge >= 0.3 is 0 Å². The van der Waals surface area contributed by atoms with Crippen molar-refractivity contribution in [3.63, 3.8) is 0 Å². The van der Waals surface area contributed by atoms with E-state index >= 15 is 0 Å². The van der Waals surface area contributed by atoms with E-state index in [2.05, 4.69) is 185 Å². The third-order valence-corrected chi connectivity index (χ3v) is 15.2. The summed E-state index contributed by atoms with van der Waals surface area (Å²) < 4.78 is 2.38. The highest BCUT2D eigenvalue weighted by Gasteiger charge is 2.36. The van der Waals surface area contributed by atoms with Gasteiger partial charge in [-0.2, -0.15) is 0 Å². The van der Waals surface area contributed by atoms with Crippen molar-refractivity contribution in [2.24, 2.45) is 17.8 Å². The van der Waals surface area contributed by atoms with Crippen LogP contribution in [0.25, 0.3) is 100 Å². The SMILES string of the molecule is C/C=C\C.C=C/C=C\C(=C)C=C.C=c1ccccc1=C.CC.Cn1c2cc3ccccc3cc2c2cccc(-c3ccc4c(c3)-c3c(ccc5ccccc35)C4(C)C)c21.N=C(N=C(N)c1ccc2ccccc2c1)c1ccc2ccccc2c1. The highest BCUT2D eigenvalue weighted by molar-refractivity contribution is 6.16. The van der Waals surface area contributed by atoms with E-state index in [1.54, 1.807) is 12.2 Å². The number of para-hydroxylation sites is 1. The minimum Gasteiger partial charge on any atom is -0.383 e. The number of amidine groups is 2. The number of aliphatic imine (C=N–C) groups is 1. The van der Waals surface area contributed by atoms with Crippen LogP contribution in [0.5, 0.6) is 0 Å². The summed E-state index contributed by atoms with van der Waals surface area (Å²) in [6.45, 7) is 30.9. The standard InChI is InChI=1S/C36H27N.C22H17N3.C8H8.C8H10.C4H8.C2H6/c1-36(2)31-17-16-25(20-30(31)34-26-12-7-6-9-22(26)15-18-32(34)36)27-13-8-14-28-29-19-23-10-4-5-11-24(23)21-33(29)37(3)35(27)28;23-21(19-11-9-15-5-1-3-7-17(15)13-19)25-22(24)20-12-10-16-6-2-4-8-18(16)14-20;1-7-5-3-4-6-8(7)2;1-4-6-7-8(3)5-2;1-3-4-2;1-2/h4-21H,1-3H3;1-14H,(H3,23,24,25);3-6H,1-2H2;4-7H,1-3H2;3-4H,1-2H3;1-2H3/b;;;7-6-;4-3-;. The van der Waals surface area contributed by atoms with Crippen LogP contribution >= 0.6 is 0 Å². The Morgan fingerprint density at radius 1 is 0.524 bits per heavy atom. The summed E-state index contributed by atoms with van der Waals surface area (Å²) in [5.41, 5.74) is 19.4. The first-order valence-corrected chi connectivity index (χ1v) is 28.6. The molecule has 84 heavy (non-hydrogen) atoms. The van der Waals surface area contributed by atoms with Crippen LogP contribution in [0.15, 0.2) is 285 Å². The van der Waals surface area contributed by atoms with E-state index in [-0.39, 0.29) is 11.3 Å². The molecule has 0 fully saturated rings. The highest BCUT2D eigenvalue weighted by Crippen LogP contribution is 2.52. The molecule has 0 bridgehead atoms. The van der Waals surface area contributed by atoms with Crippen LogP contribution in [-0.2, 0) is 12.5 Å². The lowest BCUT2D eigenvalue weighted by molar-refractivity contribution is 0.661. The van der Waals surface area contributed by atoms with Gasteiger partial charge < -0.3 is 10.3 Å². The van der Waals surface area contributed by atoms with Crippen LogP contribution in [0.3, 0.4) is 0 Å². The van der Waals surface area contributed by atoms with Gasteiger partial charge in [-0.15, -0.1) is 0 Å². The van der Waals surface area contributed by atoms with Crippen LogP contribution in [0.1, 0.15) is 63.8 Å². The zero-order chi connectivity index (χ0) is 59.9. The molecule has 1 aliphatic carbocycles. The Kier molecular flexibility index (Phi) is 19.7. The zero-order valence-corrected chi connectivity index (χ0v) is 49.8.